The number of amides is 4. The summed E-state index contributed by atoms with van der Waals surface area (Å²) in [4.78, 5) is 53.9. The van der Waals surface area contributed by atoms with Crippen molar-refractivity contribution < 1.29 is 28.7 Å². The number of fused-ring (bicyclic) bond motifs is 5. The third-order valence-electron chi connectivity index (χ3n) is 7.66. The van der Waals surface area contributed by atoms with Crippen LogP contribution in [-0.2, 0) is 31.3 Å². The molecule has 6 rings (SSSR count). The summed E-state index contributed by atoms with van der Waals surface area (Å²) in [6.07, 6.45) is 0.221. The largest absolute Gasteiger partial charge is 0.454 e. The molecule has 2 saturated heterocycles. The van der Waals surface area contributed by atoms with Crippen LogP contribution in [-0.4, -0.2) is 41.4 Å². The second-order valence-electron chi connectivity index (χ2n) is 9.57. The van der Waals surface area contributed by atoms with Crippen LogP contribution in [0, 0.1) is 18.8 Å². The predicted octanol–water partition coefficient (Wildman–Crippen LogP) is 1.56. The maximum atomic E-state index is 13.9. The summed E-state index contributed by atoms with van der Waals surface area (Å²) in [5.74, 6) is -2.48. The van der Waals surface area contributed by atoms with E-state index < -0.39 is 47.0 Å². The average Bonchev–Trinajstić information content (AvgIpc) is 3.57. The van der Waals surface area contributed by atoms with Gasteiger partial charge in [-0.1, -0.05) is 23.7 Å². The van der Waals surface area contributed by atoms with Crippen LogP contribution in [0.4, 0.5) is 5.69 Å². The van der Waals surface area contributed by atoms with Crippen LogP contribution in [0.1, 0.15) is 29.5 Å². The SMILES string of the molecule is Cc1c(Cl)ccc2c1NC(=O)[C@@]21N[C@H](CCC(N)=O)[C@H]2C(=O)N(Cc3ccc4c(c3)OCO4)C(=O)[C@@H]21. The molecule has 0 saturated carbocycles. The van der Waals surface area contributed by atoms with Crippen LogP contribution in [0.15, 0.2) is 30.3 Å². The molecule has 0 aromatic heterocycles. The van der Waals surface area contributed by atoms with Crippen LogP contribution in [0.2, 0.25) is 5.02 Å². The van der Waals surface area contributed by atoms with E-state index in [1.807, 2.05) is 0 Å². The number of carbonyl (C=O) groups excluding carboxylic acids is 4. The number of primary amides is 1. The van der Waals surface area contributed by atoms with Gasteiger partial charge in [0, 0.05) is 23.0 Å². The van der Waals surface area contributed by atoms with Crippen molar-refractivity contribution in [2.45, 2.75) is 37.9 Å². The molecule has 0 bridgehead atoms. The van der Waals surface area contributed by atoms with Gasteiger partial charge in [-0.25, -0.2) is 0 Å². The van der Waals surface area contributed by atoms with E-state index in [4.69, 9.17) is 26.8 Å². The van der Waals surface area contributed by atoms with Crippen LogP contribution in [0.25, 0.3) is 0 Å². The van der Waals surface area contributed by atoms with E-state index in [9.17, 15) is 19.2 Å². The van der Waals surface area contributed by atoms with Crippen LogP contribution in [0.5, 0.6) is 11.5 Å². The Kier molecular flexibility index (Phi) is 5.03. The molecule has 10 nitrogen and oxygen atoms in total. The van der Waals surface area contributed by atoms with E-state index in [1.54, 1.807) is 37.3 Å². The average molecular weight is 511 g/mol. The highest BCUT2D eigenvalue weighted by molar-refractivity contribution is 6.32. The number of nitrogens with one attached hydrogen (secondary N) is 2. The number of nitrogens with two attached hydrogens (primary N) is 1. The van der Waals surface area contributed by atoms with Crippen molar-refractivity contribution in [2.75, 3.05) is 12.1 Å². The van der Waals surface area contributed by atoms with Crippen molar-refractivity contribution in [2.24, 2.45) is 17.6 Å². The summed E-state index contributed by atoms with van der Waals surface area (Å²) in [6.45, 7) is 1.91. The first-order valence-corrected chi connectivity index (χ1v) is 12.0. The number of rotatable bonds is 5. The van der Waals surface area contributed by atoms with Gasteiger partial charge in [0.2, 0.25) is 30.4 Å². The minimum Gasteiger partial charge on any atom is -0.454 e. The van der Waals surface area contributed by atoms with E-state index in [0.717, 1.165) is 0 Å². The smallest absolute Gasteiger partial charge is 0.250 e. The van der Waals surface area contributed by atoms with Gasteiger partial charge >= 0.3 is 0 Å². The summed E-state index contributed by atoms with van der Waals surface area (Å²) in [5, 5.41) is 6.64. The molecule has 4 aliphatic heterocycles. The quantitative estimate of drug-likeness (QED) is 0.518. The molecule has 11 heteroatoms. The molecule has 2 aromatic rings. The zero-order valence-corrected chi connectivity index (χ0v) is 20.1. The first kappa shape index (κ1) is 22.8. The van der Waals surface area contributed by atoms with Crippen LogP contribution >= 0.6 is 11.6 Å². The third kappa shape index (κ3) is 3.07. The van der Waals surface area contributed by atoms with E-state index in [2.05, 4.69) is 10.6 Å². The second-order valence-corrected chi connectivity index (χ2v) is 9.97. The van der Waals surface area contributed by atoms with Crippen LogP contribution < -0.4 is 25.8 Å². The highest BCUT2D eigenvalue weighted by Crippen LogP contribution is 2.54. The standard InChI is InChI=1S/C25H23ClN4O6/c1-11-14(26)4-3-13-21(11)28-24(34)25(13)20-19(15(29-25)5-7-18(27)31)22(32)30(23(20)33)9-12-2-6-16-17(8-12)36-10-35-16/h2-4,6,8,15,19-20,29H,5,7,9-10H2,1H3,(H2,27,31)(H,28,34)/t15-,19-,20-,25-/m1/s1. The topological polar surface area (TPSA) is 140 Å². The summed E-state index contributed by atoms with van der Waals surface area (Å²) in [5.41, 5.74) is 6.38. The lowest BCUT2D eigenvalue weighted by molar-refractivity contribution is -0.143. The van der Waals surface area contributed by atoms with Gasteiger partial charge in [0.05, 0.1) is 24.1 Å². The van der Waals surface area contributed by atoms with Crippen molar-refractivity contribution in [1.82, 2.24) is 10.2 Å². The number of hydrogen-bond donors (Lipinski definition) is 3. The Bertz CT molecular complexity index is 1360. The molecule has 1 spiro atoms. The summed E-state index contributed by atoms with van der Waals surface area (Å²) in [6, 6.07) is 8.02. The zero-order valence-electron chi connectivity index (χ0n) is 19.3. The number of carbonyl (C=O) groups is 4. The van der Waals surface area contributed by atoms with E-state index in [-0.39, 0.29) is 26.2 Å². The first-order chi connectivity index (χ1) is 17.2. The number of anilines is 1. The zero-order chi connectivity index (χ0) is 25.4. The molecule has 36 heavy (non-hydrogen) atoms. The Morgan fingerprint density at radius 1 is 1.17 bits per heavy atom. The second kappa shape index (κ2) is 7.94. The molecule has 4 amide bonds. The summed E-state index contributed by atoms with van der Waals surface area (Å²) in [7, 11) is 0. The maximum absolute atomic E-state index is 13.9. The van der Waals surface area contributed by atoms with Crippen molar-refractivity contribution in [1.29, 1.82) is 0 Å². The van der Waals surface area contributed by atoms with Crippen molar-refractivity contribution in [3.8, 4) is 11.5 Å². The Balaban J connectivity index is 1.41. The van der Waals surface area contributed by atoms with Crippen molar-refractivity contribution in [3.05, 3.63) is 52.0 Å². The third-order valence-corrected chi connectivity index (χ3v) is 8.06. The molecule has 2 aromatic carbocycles. The van der Waals surface area contributed by atoms with E-state index in [1.165, 1.54) is 4.90 Å². The molecule has 4 atom stereocenters. The summed E-state index contributed by atoms with van der Waals surface area (Å²) >= 11 is 6.29. The first-order valence-electron chi connectivity index (χ1n) is 11.6. The fourth-order valence-corrected chi connectivity index (χ4v) is 6.13. The number of ether oxygens (including phenoxy) is 2. The monoisotopic (exact) mass is 510 g/mol. The lowest BCUT2D eigenvalue weighted by atomic mass is 9.76. The van der Waals surface area contributed by atoms with Gasteiger partial charge in [-0.15, -0.1) is 0 Å². The number of likely N-dealkylation sites (tertiary alicyclic amines) is 1. The molecule has 2 fully saturated rings. The number of benzene rings is 2. The summed E-state index contributed by atoms with van der Waals surface area (Å²) < 4.78 is 10.8. The molecule has 0 unspecified atom stereocenters. The van der Waals surface area contributed by atoms with Crippen molar-refractivity contribution >= 4 is 40.9 Å². The van der Waals surface area contributed by atoms with E-state index >= 15 is 0 Å². The minimum atomic E-state index is -1.46. The van der Waals surface area contributed by atoms with E-state index in [0.29, 0.717) is 38.9 Å². The Morgan fingerprint density at radius 3 is 2.72 bits per heavy atom. The Hall–Kier alpha value is -3.63. The molecule has 0 aliphatic carbocycles. The van der Waals surface area contributed by atoms with Gasteiger partial charge in [-0.3, -0.25) is 29.4 Å². The van der Waals surface area contributed by atoms with Crippen LogP contribution in [0.3, 0.4) is 0 Å². The molecule has 4 aliphatic rings. The van der Waals surface area contributed by atoms with Crippen molar-refractivity contribution in [3.63, 3.8) is 0 Å². The predicted molar refractivity (Wildman–Crippen MR) is 127 cm³/mol. The molecular weight excluding hydrogens is 488 g/mol. The van der Waals surface area contributed by atoms with Gasteiger partial charge in [-0.05, 0) is 42.7 Å². The minimum absolute atomic E-state index is 0.00865. The molecule has 4 N–H and O–H groups in total. The fraction of sp³-hybridized carbons (Fsp3) is 0.360. The number of nitrogens with zero attached hydrogens (tertiary/aromatic N) is 1. The molecule has 4 heterocycles. The molecular formula is C25H23ClN4O6. The van der Waals surface area contributed by atoms with Gasteiger partial charge in [0.1, 0.15) is 5.54 Å². The highest BCUT2D eigenvalue weighted by atomic mass is 35.5. The number of halogens is 1. The lowest BCUT2D eigenvalue weighted by Crippen LogP contribution is -2.53. The van der Waals surface area contributed by atoms with Gasteiger partial charge < -0.3 is 20.5 Å². The Labute approximate surface area is 211 Å². The lowest BCUT2D eigenvalue weighted by Gasteiger charge is -2.29. The normalized spacial score (nSPS) is 27.6. The number of imide groups is 1. The maximum Gasteiger partial charge on any atom is 0.250 e. The fourth-order valence-electron chi connectivity index (χ4n) is 5.97. The van der Waals surface area contributed by atoms with Gasteiger partial charge in [0.15, 0.2) is 11.5 Å². The highest BCUT2D eigenvalue weighted by Gasteiger charge is 2.70. The van der Waals surface area contributed by atoms with Gasteiger partial charge in [0.25, 0.3) is 0 Å². The Morgan fingerprint density at radius 2 is 1.94 bits per heavy atom. The number of hydrogen-bond acceptors (Lipinski definition) is 7. The molecule has 186 valence electrons. The van der Waals surface area contributed by atoms with Gasteiger partial charge in [-0.2, -0.15) is 0 Å². The molecule has 0 radical (unpaired) electrons.